The molecule has 2 rings (SSSR count). The molecule has 27 heavy (non-hydrogen) atoms. The van der Waals surface area contributed by atoms with Crippen molar-refractivity contribution in [1.82, 2.24) is 30.1 Å². The SMILES string of the molecule is CCc1noc(CN(C)CCS(=O)(=O)CCN(C)Cc2nc(CC)no2)n1. The molecule has 0 N–H and O–H groups in total. The molecular weight excluding hydrogens is 372 g/mol. The second-order valence-electron chi connectivity index (χ2n) is 6.54. The maximum Gasteiger partial charge on any atom is 0.240 e. The summed E-state index contributed by atoms with van der Waals surface area (Å²) in [5.74, 6) is 2.46. The van der Waals surface area contributed by atoms with E-state index in [1.807, 2.05) is 37.7 Å². The fraction of sp³-hybridized carbons (Fsp3) is 0.750. The van der Waals surface area contributed by atoms with Gasteiger partial charge in [0.1, 0.15) is 0 Å². The summed E-state index contributed by atoms with van der Waals surface area (Å²) in [5.41, 5.74) is 0. The van der Waals surface area contributed by atoms with E-state index in [2.05, 4.69) is 20.3 Å². The second-order valence-corrected chi connectivity index (χ2v) is 8.85. The molecule has 11 heteroatoms. The van der Waals surface area contributed by atoms with Gasteiger partial charge in [0.05, 0.1) is 24.6 Å². The van der Waals surface area contributed by atoms with E-state index in [1.165, 1.54) is 0 Å². The van der Waals surface area contributed by atoms with Gasteiger partial charge < -0.3 is 9.05 Å². The molecule has 0 aromatic carbocycles. The van der Waals surface area contributed by atoms with Crippen molar-refractivity contribution < 1.29 is 17.5 Å². The summed E-state index contributed by atoms with van der Waals surface area (Å²) < 4.78 is 34.8. The molecule has 0 saturated carbocycles. The van der Waals surface area contributed by atoms with Gasteiger partial charge in [0.2, 0.25) is 11.8 Å². The predicted molar refractivity (Wildman–Crippen MR) is 98.7 cm³/mol. The van der Waals surface area contributed by atoms with E-state index in [1.54, 1.807) is 0 Å². The molecule has 0 unspecified atom stereocenters. The Morgan fingerprint density at radius 2 is 1.22 bits per heavy atom. The normalized spacial score (nSPS) is 12.4. The number of hydrogen-bond donors (Lipinski definition) is 0. The van der Waals surface area contributed by atoms with Crippen LogP contribution in [0.15, 0.2) is 9.05 Å². The van der Waals surface area contributed by atoms with Crippen molar-refractivity contribution in [1.29, 1.82) is 0 Å². The van der Waals surface area contributed by atoms with Gasteiger partial charge in [-0.25, -0.2) is 8.42 Å². The van der Waals surface area contributed by atoms with Gasteiger partial charge in [-0.2, -0.15) is 9.97 Å². The van der Waals surface area contributed by atoms with E-state index in [9.17, 15) is 8.42 Å². The third-order valence-electron chi connectivity index (χ3n) is 4.03. The van der Waals surface area contributed by atoms with Crippen LogP contribution in [0.4, 0.5) is 0 Å². The maximum atomic E-state index is 12.3. The van der Waals surface area contributed by atoms with E-state index in [0.717, 1.165) is 0 Å². The summed E-state index contributed by atoms with van der Waals surface area (Å²) in [7, 11) is 0.492. The van der Waals surface area contributed by atoms with Gasteiger partial charge in [0, 0.05) is 25.9 Å². The van der Waals surface area contributed by atoms with Crippen molar-refractivity contribution in [2.45, 2.75) is 39.8 Å². The Hall–Kier alpha value is -1.85. The van der Waals surface area contributed by atoms with Crippen LogP contribution >= 0.6 is 0 Å². The fourth-order valence-electron chi connectivity index (χ4n) is 2.31. The molecule has 0 amide bonds. The van der Waals surface area contributed by atoms with Crippen molar-refractivity contribution in [2.75, 3.05) is 38.7 Å². The van der Waals surface area contributed by atoms with Crippen LogP contribution in [0, 0.1) is 0 Å². The van der Waals surface area contributed by atoms with Gasteiger partial charge in [0.25, 0.3) is 0 Å². The summed E-state index contributed by atoms with van der Waals surface area (Å²) in [4.78, 5) is 12.2. The highest BCUT2D eigenvalue weighted by Gasteiger charge is 2.16. The monoisotopic (exact) mass is 400 g/mol. The molecule has 0 aliphatic rings. The minimum absolute atomic E-state index is 0.0760. The van der Waals surface area contributed by atoms with E-state index < -0.39 is 9.84 Å². The average Bonchev–Trinajstić information content (AvgIpc) is 3.27. The lowest BCUT2D eigenvalue weighted by Gasteiger charge is -2.16. The first kappa shape index (κ1) is 21.5. The Labute approximate surface area is 159 Å². The Balaban J connectivity index is 1.71. The van der Waals surface area contributed by atoms with Crippen LogP contribution in [0.1, 0.15) is 37.3 Å². The molecule has 10 nitrogen and oxygen atoms in total. The average molecular weight is 401 g/mol. The third-order valence-corrected chi connectivity index (χ3v) is 5.64. The molecule has 0 aliphatic heterocycles. The molecule has 0 fully saturated rings. The summed E-state index contributed by atoms with van der Waals surface area (Å²) in [5, 5.41) is 7.67. The minimum atomic E-state index is -3.17. The number of rotatable bonds is 12. The van der Waals surface area contributed by atoms with Crippen LogP contribution in [-0.2, 0) is 35.8 Å². The van der Waals surface area contributed by atoms with Gasteiger partial charge in [-0.15, -0.1) is 0 Å². The van der Waals surface area contributed by atoms with Crippen LogP contribution in [0.2, 0.25) is 0 Å². The highest BCUT2D eigenvalue weighted by Crippen LogP contribution is 2.04. The van der Waals surface area contributed by atoms with Crippen LogP contribution < -0.4 is 0 Å². The van der Waals surface area contributed by atoms with Crippen LogP contribution in [0.25, 0.3) is 0 Å². The topological polar surface area (TPSA) is 118 Å². The molecule has 0 bridgehead atoms. The van der Waals surface area contributed by atoms with Gasteiger partial charge in [-0.3, -0.25) is 9.80 Å². The van der Waals surface area contributed by atoms with Crippen LogP contribution in [0.5, 0.6) is 0 Å². The lowest BCUT2D eigenvalue weighted by Crippen LogP contribution is -2.30. The molecule has 152 valence electrons. The molecule has 0 radical (unpaired) electrons. The quantitative estimate of drug-likeness (QED) is 0.500. The fourth-order valence-corrected chi connectivity index (χ4v) is 3.69. The number of sulfone groups is 1. The first-order valence-electron chi connectivity index (χ1n) is 9.01. The molecule has 0 aliphatic carbocycles. The van der Waals surface area contributed by atoms with Crippen molar-refractivity contribution in [3.05, 3.63) is 23.4 Å². The van der Waals surface area contributed by atoms with E-state index in [4.69, 9.17) is 9.05 Å². The first-order chi connectivity index (χ1) is 12.8. The number of aryl methyl sites for hydroxylation is 2. The van der Waals surface area contributed by atoms with Crippen LogP contribution in [-0.4, -0.2) is 77.2 Å². The maximum absolute atomic E-state index is 12.3. The Bertz CT molecular complexity index is 743. The highest BCUT2D eigenvalue weighted by atomic mass is 32.2. The minimum Gasteiger partial charge on any atom is -0.338 e. The smallest absolute Gasteiger partial charge is 0.240 e. The molecule has 2 aromatic heterocycles. The van der Waals surface area contributed by atoms with Gasteiger partial charge in [-0.1, -0.05) is 24.2 Å². The summed E-state index contributed by atoms with van der Waals surface area (Å²) in [6.45, 7) is 5.56. The largest absolute Gasteiger partial charge is 0.338 e. The summed E-state index contributed by atoms with van der Waals surface area (Å²) in [6.07, 6.45) is 1.41. The summed E-state index contributed by atoms with van der Waals surface area (Å²) >= 11 is 0. The van der Waals surface area contributed by atoms with Crippen LogP contribution in [0.3, 0.4) is 0 Å². The zero-order valence-electron chi connectivity index (χ0n) is 16.4. The van der Waals surface area contributed by atoms with Crippen molar-refractivity contribution >= 4 is 9.84 Å². The zero-order valence-corrected chi connectivity index (χ0v) is 17.2. The summed E-state index contributed by atoms with van der Waals surface area (Å²) in [6, 6.07) is 0. The molecule has 0 atom stereocenters. The van der Waals surface area contributed by atoms with Gasteiger partial charge in [0.15, 0.2) is 21.5 Å². The Morgan fingerprint density at radius 3 is 1.56 bits per heavy atom. The second kappa shape index (κ2) is 9.90. The molecule has 2 heterocycles. The lowest BCUT2D eigenvalue weighted by atomic mass is 10.4. The number of nitrogens with zero attached hydrogens (tertiary/aromatic N) is 6. The molecule has 0 saturated heterocycles. The predicted octanol–water partition coefficient (Wildman–Crippen LogP) is 0.556. The third kappa shape index (κ3) is 7.35. The first-order valence-corrected chi connectivity index (χ1v) is 10.8. The Morgan fingerprint density at radius 1 is 0.815 bits per heavy atom. The number of aromatic nitrogens is 4. The molecular formula is C16H28N6O4S. The lowest BCUT2D eigenvalue weighted by molar-refractivity contribution is 0.273. The Kier molecular flexibility index (Phi) is 7.87. The zero-order chi connectivity index (χ0) is 19.9. The molecule has 2 aromatic rings. The van der Waals surface area contributed by atoms with Crippen molar-refractivity contribution in [3.63, 3.8) is 0 Å². The van der Waals surface area contributed by atoms with E-state index >= 15 is 0 Å². The van der Waals surface area contributed by atoms with Crippen molar-refractivity contribution in [3.8, 4) is 0 Å². The van der Waals surface area contributed by atoms with E-state index in [-0.39, 0.29) is 11.5 Å². The van der Waals surface area contributed by atoms with Crippen molar-refractivity contribution in [2.24, 2.45) is 0 Å². The van der Waals surface area contributed by atoms with E-state index in [0.29, 0.717) is 62.5 Å². The van der Waals surface area contributed by atoms with Gasteiger partial charge in [-0.05, 0) is 14.1 Å². The molecule has 0 spiro atoms. The number of hydrogen-bond acceptors (Lipinski definition) is 10. The van der Waals surface area contributed by atoms with Gasteiger partial charge >= 0.3 is 0 Å². The standard InChI is InChI=1S/C16H28N6O4S/c1-5-13-17-15(25-19-13)11-21(3)7-9-27(23,24)10-8-22(4)12-16-18-14(6-2)20-26-16/h5-12H2,1-4H3. The highest BCUT2D eigenvalue weighted by molar-refractivity contribution is 7.91.